The molecule has 7 nitrogen and oxygen atoms in total. The Morgan fingerprint density at radius 3 is 1.73 bits per heavy atom. The number of carbonyl (C=O) groups is 1. The van der Waals surface area contributed by atoms with Crippen LogP contribution in [0.4, 0.5) is 0 Å². The van der Waals surface area contributed by atoms with Crippen molar-refractivity contribution in [1.82, 2.24) is 0 Å². The van der Waals surface area contributed by atoms with Crippen molar-refractivity contribution in [3.63, 3.8) is 0 Å². The summed E-state index contributed by atoms with van der Waals surface area (Å²) in [6.07, 6.45) is -2.17. The average Bonchev–Trinajstić information content (AvgIpc) is 2.93. The largest absolute Gasteiger partial charge is 0.374 e. The highest BCUT2D eigenvalue weighted by Gasteiger charge is 2.48. The molecule has 196 valence electrons. The van der Waals surface area contributed by atoms with Gasteiger partial charge >= 0.3 is 0 Å². The molecule has 4 rings (SSSR count). The first-order valence-corrected chi connectivity index (χ1v) is 12.5. The summed E-state index contributed by atoms with van der Waals surface area (Å²) in [5.41, 5.74) is 8.73. The summed E-state index contributed by atoms with van der Waals surface area (Å²) in [5, 5.41) is 0. The summed E-state index contributed by atoms with van der Waals surface area (Å²) in [6.45, 7) is 1.41. The molecule has 1 saturated heterocycles. The van der Waals surface area contributed by atoms with Crippen molar-refractivity contribution >= 4 is 5.91 Å². The monoisotopic (exact) mass is 505 g/mol. The van der Waals surface area contributed by atoms with Gasteiger partial charge in [-0.1, -0.05) is 91.0 Å². The first-order chi connectivity index (χ1) is 18.1. The second-order valence-electron chi connectivity index (χ2n) is 9.14. The number of ether oxygens (including phenoxy) is 5. The Bertz CT molecular complexity index is 1070. The van der Waals surface area contributed by atoms with Gasteiger partial charge in [-0.3, -0.25) is 4.79 Å². The minimum atomic E-state index is -0.699. The Morgan fingerprint density at radius 1 is 0.757 bits per heavy atom. The Balaban J connectivity index is 1.56. The SMILES string of the molecule is CO[C@@H]1O[C@H](COCc2ccccc2)[C@H](OCc2ccccc2)[C@H](OCc2ccccc2)[C@H]1CC(N)=O. The van der Waals surface area contributed by atoms with E-state index in [1.54, 1.807) is 7.11 Å². The van der Waals surface area contributed by atoms with E-state index in [1.165, 1.54) is 0 Å². The third-order valence-corrected chi connectivity index (χ3v) is 6.40. The van der Waals surface area contributed by atoms with Gasteiger partial charge in [0.05, 0.1) is 32.5 Å². The summed E-state index contributed by atoms with van der Waals surface area (Å²) in [7, 11) is 1.56. The van der Waals surface area contributed by atoms with Gasteiger partial charge in [0, 0.05) is 19.4 Å². The van der Waals surface area contributed by atoms with Crippen LogP contribution in [0.5, 0.6) is 0 Å². The lowest BCUT2D eigenvalue weighted by atomic mass is 9.87. The third kappa shape index (κ3) is 7.95. The van der Waals surface area contributed by atoms with E-state index in [1.807, 2.05) is 91.0 Å². The summed E-state index contributed by atoms with van der Waals surface area (Å²) in [5.74, 6) is -0.901. The van der Waals surface area contributed by atoms with Crippen molar-refractivity contribution in [2.24, 2.45) is 11.7 Å². The van der Waals surface area contributed by atoms with Crippen LogP contribution in [-0.4, -0.2) is 44.2 Å². The maximum atomic E-state index is 12.0. The molecule has 2 N–H and O–H groups in total. The minimum absolute atomic E-state index is 0.0424. The maximum absolute atomic E-state index is 12.0. The van der Waals surface area contributed by atoms with Gasteiger partial charge in [-0.15, -0.1) is 0 Å². The molecule has 5 atom stereocenters. The zero-order chi connectivity index (χ0) is 25.9. The third-order valence-electron chi connectivity index (χ3n) is 6.40. The van der Waals surface area contributed by atoms with Gasteiger partial charge in [-0.25, -0.2) is 0 Å². The number of benzene rings is 3. The standard InChI is InChI=1S/C30H35NO6/c1-33-30-25(17-27(31)32)28(35-19-23-13-7-3-8-14-23)29(36-20-24-15-9-4-10-16-24)26(37-30)21-34-18-22-11-5-2-6-12-22/h2-16,25-26,28-30H,17-21H2,1H3,(H2,31,32)/t25-,26-,28-,29+,30-/m1/s1. The minimum Gasteiger partial charge on any atom is -0.374 e. The van der Waals surface area contributed by atoms with Crippen LogP contribution in [0.3, 0.4) is 0 Å². The van der Waals surface area contributed by atoms with Crippen molar-refractivity contribution in [2.45, 2.75) is 50.8 Å². The molecular formula is C30H35NO6. The molecule has 7 heteroatoms. The van der Waals surface area contributed by atoms with Gasteiger partial charge in [0.1, 0.15) is 12.2 Å². The number of nitrogens with two attached hydrogens (primary N) is 1. The van der Waals surface area contributed by atoms with Crippen molar-refractivity contribution in [3.05, 3.63) is 108 Å². The highest BCUT2D eigenvalue weighted by molar-refractivity contribution is 5.74. The highest BCUT2D eigenvalue weighted by atomic mass is 16.7. The van der Waals surface area contributed by atoms with Gasteiger partial charge in [0.2, 0.25) is 5.91 Å². The summed E-state index contributed by atoms with van der Waals surface area (Å²) < 4.78 is 31.0. The molecule has 1 fully saturated rings. The van der Waals surface area contributed by atoms with Crippen LogP contribution in [0, 0.1) is 5.92 Å². The predicted molar refractivity (Wildman–Crippen MR) is 139 cm³/mol. The lowest BCUT2D eigenvalue weighted by molar-refractivity contribution is -0.299. The number of amides is 1. The zero-order valence-corrected chi connectivity index (χ0v) is 21.1. The molecule has 37 heavy (non-hydrogen) atoms. The van der Waals surface area contributed by atoms with E-state index in [9.17, 15) is 4.79 Å². The van der Waals surface area contributed by atoms with Crippen molar-refractivity contribution in [2.75, 3.05) is 13.7 Å². The fourth-order valence-electron chi connectivity index (χ4n) is 4.59. The lowest BCUT2D eigenvalue weighted by Gasteiger charge is -2.45. The van der Waals surface area contributed by atoms with E-state index in [0.717, 1.165) is 16.7 Å². The molecule has 3 aromatic carbocycles. The lowest BCUT2D eigenvalue weighted by Crippen LogP contribution is -2.58. The van der Waals surface area contributed by atoms with Crippen LogP contribution in [0.25, 0.3) is 0 Å². The summed E-state index contributed by atoms with van der Waals surface area (Å²) in [4.78, 5) is 12.0. The molecule has 0 bridgehead atoms. The van der Waals surface area contributed by atoms with E-state index in [2.05, 4.69) is 0 Å². The van der Waals surface area contributed by atoms with Gasteiger partial charge in [0.25, 0.3) is 0 Å². The Hall–Kier alpha value is -3.07. The number of methoxy groups -OCH3 is 1. The Labute approximate surface area is 218 Å². The van der Waals surface area contributed by atoms with Crippen molar-refractivity contribution < 1.29 is 28.5 Å². The second-order valence-corrected chi connectivity index (χ2v) is 9.14. The van der Waals surface area contributed by atoms with Crippen LogP contribution in [0.1, 0.15) is 23.1 Å². The van der Waals surface area contributed by atoms with Gasteiger partial charge in [0.15, 0.2) is 6.29 Å². The Kier molecular flexibility index (Phi) is 10.2. The quantitative estimate of drug-likeness (QED) is 0.374. The molecule has 0 aliphatic carbocycles. The van der Waals surface area contributed by atoms with Gasteiger partial charge < -0.3 is 29.4 Å². The normalized spacial score (nSPS) is 23.5. The fourth-order valence-corrected chi connectivity index (χ4v) is 4.59. The van der Waals surface area contributed by atoms with E-state index in [4.69, 9.17) is 29.4 Å². The molecule has 1 amide bonds. The van der Waals surface area contributed by atoms with Crippen LogP contribution in [-0.2, 0) is 48.3 Å². The summed E-state index contributed by atoms with van der Waals surface area (Å²) in [6, 6.07) is 29.7. The van der Waals surface area contributed by atoms with E-state index in [0.29, 0.717) is 19.8 Å². The second kappa shape index (κ2) is 14.0. The van der Waals surface area contributed by atoms with Crippen LogP contribution in [0.15, 0.2) is 91.0 Å². The van der Waals surface area contributed by atoms with Gasteiger partial charge in [-0.05, 0) is 16.7 Å². The number of rotatable bonds is 13. The van der Waals surface area contributed by atoms with Crippen molar-refractivity contribution in [1.29, 1.82) is 0 Å². The topological polar surface area (TPSA) is 89.2 Å². The molecule has 1 heterocycles. The molecule has 1 aliphatic heterocycles. The fraction of sp³-hybridized carbons (Fsp3) is 0.367. The van der Waals surface area contributed by atoms with E-state index in [-0.39, 0.29) is 13.0 Å². The van der Waals surface area contributed by atoms with Gasteiger partial charge in [-0.2, -0.15) is 0 Å². The number of hydrogen-bond acceptors (Lipinski definition) is 6. The molecule has 3 aromatic rings. The molecular weight excluding hydrogens is 470 g/mol. The smallest absolute Gasteiger partial charge is 0.217 e. The first-order valence-electron chi connectivity index (χ1n) is 12.5. The highest BCUT2D eigenvalue weighted by Crippen LogP contribution is 2.34. The summed E-state index contributed by atoms with van der Waals surface area (Å²) >= 11 is 0. The number of hydrogen-bond donors (Lipinski definition) is 1. The molecule has 1 aliphatic rings. The molecule has 0 saturated carbocycles. The zero-order valence-electron chi connectivity index (χ0n) is 21.1. The molecule has 0 spiro atoms. The Morgan fingerprint density at radius 2 is 1.24 bits per heavy atom. The van der Waals surface area contributed by atoms with E-state index >= 15 is 0 Å². The number of primary amides is 1. The average molecular weight is 506 g/mol. The van der Waals surface area contributed by atoms with Crippen LogP contribution < -0.4 is 5.73 Å². The van der Waals surface area contributed by atoms with Crippen LogP contribution >= 0.6 is 0 Å². The molecule has 0 aromatic heterocycles. The number of carbonyl (C=O) groups excluding carboxylic acids is 1. The first kappa shape index (κ1) is 27.0. The molecule has 0 radical (unpaired) electrons. The maximum Gasteiger partial charge on any atom is 0.217 e. The van der Waals surface area contributed by atoms with Crippen molar-refractivity contribution in [3.8, 4) is 0 Å². The molecule has 0 unspecified atom stereocenters. The van der Waals surface area contributed by atoms with E-state index < -0.39 is 36.4 Å². The van der Waals surface area contributed by atoms with Crippen LogP contribution in [0.2, 0.25) is 0 Å². The predicted octanol–water partition coefficient (Wildman–Crippen LogP) is 4.24.